The van der Waals surface area contributed by atoms with Crippen LogP contribution in [-0.4, -0.2) is 37.8 Å². The van der Waals surface area contributed by atoms with Gasteiger partial charge in [-0.3, -0.25) is 4.79 Å². The number of rotatable bonds is 7. The van der Waals surface area contributed by atoms with Crippen LogP contribution in [-0.2, 0) is 4.79 Å². The van der Waals surface area contributed by atoms with Crippen LogP contribution in [0.3, 0.4) is 0 Å². The highest BCUT2D eigenvalue weighted by Gasteiger charge is 2.04. The minimum Gasteiger partial charge on any atom is -0.496 e. The Morgan fingerprint density at radius 2 is 2.26 bits per heavy atom. The predicted molar refractivity (Wildman–Crippen MR) is 75.5 cm³/mol. The summed E-state index contributed by atoms with van der Waals surface area (Å²) >= 11 is 5.94. The first-order valence-electron chi connectivity index (χ1n) is 5.72. The van der Waals surface area contributed by atoms with Gasteiger partial charge in [-0.05, 0) is 29.8 Å². The molecule has 0 unspecified atom stereocenters. The first-order valence-corrected chi connectivity index (χ1v) is 6.10. The lowest BCUT2D eigenvalue weighted by atomic mass is 10.1. The van der Waals surface area contributed by atoms with Crippen LogP contribution < -0.4 is 15.8 Å². The lowest BCUT2D eigenvalue weighted by Gasteiger charge is -2.09. The van der Waals surface area contributed by atoms with Gasteiger partial charge < -0.3 is 20.9 Å². The third-order valence-corrected chi connectivity index (χ3v) is 2.68. The fraction of sp³-hybridized carbons (Fsp3) is 0.308. The summed E-state index contributed by atoms with van der Waals surface area (Å²) in [5.74, 6) is -0.217. The van der Waals surface area contributed by atoms with Gasteiger partial charge in [0.15, 0.2) is 0 Å². The Morgan fingerprint density at radius 1 is 1.53 bits per heavy atom. The maximum Gasteiger partial charge on any atom is 0.317 e. The van der Waals surface area contributed by atoms with E-state index in [9.17, 15) is 4.79 Å². The molecular formula is C13H17ClN2O3. The number of hydrogen-bond donors (Lipinski definition) is 3. The number of benzene rings is 1. The van der Waals surface area contributed by atoms with Crippen molar-refractivity contribution in [2.45, 2.75) is 0 Å². The zero-order chi connectivity index (χ0) is 14.3. The fourth-order valence-corrected chi connectivity index (χ4v) is 1.73. The Labute approximate surface area is 117 Å². The smallest absolute Gasteiger partial charge is 0.317 e. The monoisotopic (exact) mass is 284 g/mol. The number of aliphatic carboxylic acids is 1. The topological polar surface area (TPSA) is 84.6 Å². The van der Waals surface area contributed by atoms with Gasteiger partial charge in [-0.1, -0.05) is 11.6 Å². The SMILES string of the molecule is COc1ccc(Cl)cc1/C=C(\CN)CNCC(=O)O. The standard InChI is InChI=1S/C13H17ClN2O3/c1-19-12-3-2-11(14)5-10(12)4-9(6-15)7-16-8-13(17)18/h2-5,16H,6-8,15H2,1H3,(H,17,18)/b9-4+. The molecule has 4 N–H and O–H groups in total. The fourth-order valence-electron chi connectivity index (χ4n) is 1.55. The van der Waals surface area contributed by atoms with Crippen LogP contribution in [0, 0.1) is 0 Å². The van der Waals surface area contributed by atoms with Crippen molar-refractivity contribution in [1.29, 1.82) is 0 Å². The minimum atomic E-state index is -0.906. The number of hydrogen-bond acceptors (Lipinski definition) is 4. The second-order valence-corrected chi connectivity index (χ2v) is 4.33. The Balaban J connectivity index is 2.84. The van der Waals surface area contributed by atoms with Crippen LogP contribution in [0.15, 0.2) is 23.8 Å². The zero-order valence-corrected chi connectivity index (χ0v) is 11.4. The van der Waals surface area contributed by atoms with E-state index in [4.69, 9.17) is 27.2 Å². The van der Waals surface area contributed by atoms with Gasteiger partial charge in [0.05, 0.1) is 13.7 Å². The lowest BCUT2D eigenvalue weighted by molar-refractivity contribution is -0.135. The van der Waals surface area contributed by atoms with Crippen LogP contribution in [0.2, 0.25) is 5.02 Å². The van der Waals surface area contributed by atoms with Crippen molar-refractivity contribution < 1.29 is 14.6 Å². The predicted octanol–water partition coefficient (Wildman–Crippen LogP) is 1.36. The molecule has 0 saturated carbocycles. The second kappa shape index (κ2) is 7.78. The van der Waals surface area contributed by atoms with Gasteiger partial charge in [-0.25, -0.2) is 0 Å². The van der Waals surface area contributed by atoms with E-state index in [2.05, 4.69) is 5.32 Å². The van der Waals surface area contributed by atoms with E-state index >= 15 is 0 Å². The Hall–Kier alpha value is -1.56. The third-order valence-electron chi connectivity index (χ3n) is 2.44. The molecule has 0 atom stereocenters. The molecule has 1 rings (SSSR count). The molecule has 1 aromatic carbocycles. The molecule has 0 radical (unpaired) electrons. The van der Waals surface area contributed by atoms with Crippen LogP contribution in [0.25, 0.3) is 6.08 Å². The molecule has 0 heterocycles. The maximum absolute atomic E-state index is 10.4. The highest BCUT2D eigenvalue weighted by atomic mass is 35.5. The summed E-state index contributed by atoms with van der Waals surface area (Å²) in [6.45, 7) is 0.616. The summed E-state index contributed by atoms with van der Waals surface area (Å²) < 4.78 is 5.23. The number of carboxylic acid groups (broad SMARTS) is 1. The molecule has 0 fully saturated rings. The normalized spacial score (nSPS) is 11.4. The lowest BCUT2D eigenvalue weighted by Crippen LogP contribution is -2.26. The molecule has 0 aliphatic carbocycles. The van der Waals surface area contributed by atoms with Crippen molar-refractivity contribution in [3.63, 3.8) is 0 Å². The highest BCUT2D eigenvalue weighted by Crippen LogP contribution is 2.24. The van der Waals surface area contributed by atoms with Crippen LogP contribution in [0.4, 0.5) is 0 Å². The summed E-state index contributed by atoms with van der Waals surface area (Å²) in [6.07, 6.45) is 1.85. The van der Waals surface area contributed by atoms with Gasteiger partial charge in [0, 0.05) is 23.7 Å². The van der Waals surface area contributed by atoms with Crippen molar-refractivity contribution in [2.75, 3.05) is 26.7 Å². The van der Waals surface area contributed by atoms with Gasteiger partial charge in [0.2, 0.25) is 0 Å². The average molecular weight is 285 g/mol. The van der Waals surface area contributed by atoms with Crippen molar-refractivity contribution in [3.05, 3.63) is 34.4 Å². The molecule has 19 heavy (non-hydrogen) atoms. The molecular weight excluding hydrogens is 268 g/mol. The van der Waals surface area contributed by atoms with E-state index < -0.39 is 5.97 Å². The first-order chi connectivity index (χ1) is 9.06. The highest BCUT2D eigenvalue weighted by molar-refractivity contribution is 6.30. The number of nitrogens with one attached hydrogen (secondary N) is 1. The zero-order valence-electron chi connectivity index (χ0n) is 10.6. The van der Waals surface area contributed by atoms with E-state index in [1.807, 2.05) is 6.08 Å². The van der Waals surface area contributed by atoms with Crippen molar-refractivity contribution >= 4 is 23.6 Å². The molecule has 0 saturated heterocycles. The Bertz CT molecular complexity index is 475. The van der Waals surface area contributed by atoms with Gasteiger partial charge in [0.1, 0.15) is 5.75 Å². The van der Waals surface area contributed by atoms with E-state index in [1.54, 1.807) is 25.3 Å². The van der Waals surface area contributed by atoms with E-state index in [1.165, 1.54) is 0 Å². The largest absolute Gasteiger partial charge is 0.496 e. The molecule has 0 aliphatic heterocycles. The Morgan fingerprint density at radius 3 is 2.84 bits per heavy atom. The quantitative estimate of drug-likeness (QED) is 0.704. The Kier molecular flexibility index (Phi) is 6.35. The molecule has 0 aromatic heterocycles. The molecule has 0 amide bonds. The summed E-state index contributed by atoms with van der Waals surface area (Å²) in [5.41, 5.74) is 7.31. The molecule has 0 aliphatic rings. The number of ether oxygens (including phenoxy) is 1. The minimum absolute atomic E-state index is 0.107. The van der Waals surface area contributed by atoms with Crippen LogP contribution in [0.5, 0.6) is 5.75 Å². The summed E-state index contributed by atoms with van der Waals surface area (Å²) in [6, 6.07) is 5.28. The number of carboxylic acids is 1. The summed E-state index contributed by atoms with van der Waals surface area (Å²) in [4.78, 5) is 10.4. The molecule has 104 valence electrons. The second-order valence-electron chi connectivity index (χ2n) is 3.89. The van der Waals surface area contributed by atoms with Crippen molar-refractivity contribution in [2.24, 2.45) is 5.73 Å². The van der Waals surface area contributed by atoms with Gasteiger partial charge in [0.25, 0.3) is 0 Å². The first kappa shape index (κ1) is 15.5. The molecule has 5 nitrogen and oxygen atoms in total. The van der Waals surface area contributed by atoms with Crippen molar-refractivity contribution in [1.82, 2.24) is 5.32 Å². The van der Waals surface area contributed by atoms with Crippen LogP contribution in [0.1, 0.15) is 5.56 Å². The van der Waals surface area contributed by atoms with Gasteiger partial charge in [-0.15, -0.1) is 0 Å². The van der Waals surface area contributed by atoms with E-state index in [-0.39, 0.29) is 6.54 Å². The number of carbonyl (C=O) groups is 1. The maximum atomic E-state index is 10.4. The van der Waals surface area contributed by atoms with Crippen LogP contribution >= 0.6 is 11.6 Å². The molecule has 1 aromatic rings. The summed E-state index contributed by atoms with van der Waals surface area (Å²) in [5, 5.41) is 11.9. The average Bonchev–Trinajstić information content (AvgIpc) is 2.37. The summed E-state index contributed by atoms with van der Waals surface area (Å²) in [7, 11) is 1.57. The number of nitrogens with two attached hydrogens (primary N) is 1. The van der Waals surface area contributed by atoms with E-state index in [0.29, 0.717) is 23.9 Å². The molecule has 0 spiro atoms. The molecule has 6 heteroatoms. The van der Waals surface area contributed by atoms with Gasteiger partial charge >= 0.3 is 5.97 Å². The van der Waals surface area contributed by atoms with Gasteiger partial charge in [-0.2, -0.15) is 0 Å². The third kappa shape index (κ3) is 5.30. The number of halogens is 1. The van der Waals surface area contributed by atoms with E-state index in [0.717, 1.165) is 11.1 Å². The van der Waals surface area contributed by atoms with Crippen molar-refractivity contribution in [3.8, 4) is 5.75 Å². The number of methoxy groups -OCH3 is 1. The molecule has 0 bridgehead atoms.